The van der Waals surface area contributed by atoms with Crippen LogP contribution in [0.3, 0.4) is 0 Å². The summed E-state index contributed by atoms with van der Waals surface area (Å²) >= 11 is 3.44. The van der Waals surface area contributed by atoms with Gasteiger partial charge in [-0.1, -0.05) is 15.9 Å². The second-order valence-electron chi connectivity index (χ2n) is 4.62. The Morgan fingerprint density at radius 2 is 2.11 bits per heavy atom. The van der Waals surface area contributed by atoms with E-state index in [2.05, 4.69) is 15.9 Å². The quantitative estimate of drug-likeness (QED) is 0.699. The van der Waals surface area contributed by atoms with Crippen LogP contribution in [0.25, 0.3) is 11.0 Å². The van der Waals surface area contributed by atoms with Crippen molar-refractivity contribution in [2.24, 2.45) is 0 Å². The van der Waals surface area contributed by atoms with E-state index in [1.807, 2.05) is 13.8 Å². The lowest BCUT2D eigenvalue weighted by Crippen LogP contribution is -2.20. The normalized spacial score (nSPS) is 11.7. The van der Waals surface area contributed by atoms with Gasteiger partial charge in [0.05, 0.1) is 4.32 Å². The highest BCUT2D eigenvalue weighted by atomic mass is 79.9. The van der Waals surface area contributed by atoms with Gasteiger partial charge in [-0.25, -0.2) is 4.79 Å². The maximum atomic E-state index is 11.1. The highest BCUT2D eigenvalue weighted by Crippen LogP contribution is 2.32. The molecule has 0 spiro atoms. The second-order valence-corrected chi connectivity index (χ2v) is 6.77. The summed E-state index contributed by atoms with van der Waals surface area (Å²) in [4.78, 5) is 11.1. The molecule has 2 rings (SSSR count). The number of phenolic OH excluding ortho intramolecular Hbond substituents is 1. The number of ether oxygens (including phenoxy) is 1. The van der Waals surface area contributed by atoms with Crippen molar-refractivity contribution < 1.29 is 14.3 Å². The minimum absolute atomic E-state index is 0.0214. The van der Waals surface area contributed by atoms with Crippen LogP contribution in [0.4, 0.5) is 0 Å². The maximum absolute atomic E-state index is 11.1. The minimum Gasteiger partial charge on any atom is -0.504 e. The smallest absolute Gasteiger partial charge is 0.336 e. The molecule has 0 aliphatic rings. The SMILES string of the molecule is CC(C)(Br)COc1cc2oc(=O)ccc2cc1O. The zero-order valence-electron chi connectivity index (χ0n) is 10.1. The van der Waals surface area contributed by atoms with Crippen molar-refractivity contribution in [1.82, 2.24) is 0 Å². The Balaban J connectivity index is 2.39. The summed E-state index contributed by atoms with van der Waals surface area (Å²) in [5.41, 5.74) is -0.0392. The molecule has 4 nitrogen and oxygen atoms in total. The van der Waals surface area contributed by atoms with Gasteiger partial charge < -0.3 is 14.3 Å². The molecule has 2 aromatic rings. The van der Waals surface area contributed by atoms with Crippen molar-refractivity contribution in [2.75, 3.05) is 6.61 Å². The molecular formula is C13H13BrO4. The van der Waals surface area contributed by atoms with Crippen molar-refractivity contribution >= 4 is 26.9 Å². The van der Waals surface area contributed by atoms with Crippen LogP contribution in [0, 0.1) is 0 Å². The summed E-state index contributed by atoms with van der Waals surface area (Å²) in [5, 5.41) is 10.5. The Hall–Kier alpha value is -1.49. The van der Waals surface area contributed by atoms with E-state index in [4.69, 9.17) is 9.15 Å². The molecule has 0 fully saturated rings. The van der Waals surface area contributed by atoms with Gasteiger partial charge in [-0.15, -0.1) is 0 Å². The van der Waals surface area contributed by atoms with E-state index < -0.39 is 5.63 Å². The number of fused-ring (bicyclic) bond motifs is 1. The van der Waals surface area contributed by atoms with E-state index in [0.29, 0.717) is 23.3 Å². The molecule has 0 unspecified atom stereocenters. The predicted molar refractivity (Wildman–Crippen MR) is 72.6 cm³/mol. The topological polar surface area (TPSA) is 59.7 Å². The van der Waals surface area contributed by atoms with Gasteiger partial charge in [-0.2, -0.15) is 0 Å². The number of hydrogen-bond donors (Lipinski definition) is 1. The lowest BCUT2D eigenvalue weighted by molar-refractivity contribution is 0.277. The van der Waals surface area contributed by atoms with Crippen molar-refractivity contribution in [2.45, 2.75) is 18.2 Å². The molecule has 1 aromatic carbocycles. The van der Waals surface area contributed by atoms with Crippen molar-refractivity contribution in [3.63, 3.8) is 0 Å². The Morgan fingerprint density at radius 1 is 1.39 bits per heavy atom. The molecule has 0 bridgehead atoms. The first kappa shape index (κ1) is 13.0. The standard InChI is InChI=1S/C13H13BrO4/c1-13(2,14)7-17-11-6-10-8(5-9(11)15)3-4-12(16)18-10/h3-6,15H,7H2,1-2H3. The van der Waals surface area contributed by atoms with Gasteiger partial charge in [-0.05, 0) is 26.0 Å². The number of alkyl halides is 1. The first-order chi connectivity index (χ1) is 8.35. The zero-order valence-corrected chi connectivity index (χ0v) is 11.7. The molecule has 1 heterocycles. The van der Waals surface area contributed by atoms with Crippen LogP contribution < -0.4 is 10.4 Å². The maximum Gasteiger partial charge on any atom is 0.336 e. The fourth-order valence-electron chi connectivity index (χ4n) is 1.45. The summed E-state index contributed by atoms with van der Waals surface area (Å²) in [5.74, 6) is 0.317. The average molecular weight is 313 g/mol. The first-order valence-corrected chi connectivity index (χ1v) is 6.23. The number of benzene rings is 1. The molecule has 5 heteroatoms. The fourth-order valence-corrected chi connectivity index (χ4v) is 1.56. The molecule has 0 radical (unpaired) electrons. The largest absolute Gasteiger partial charge is 0.504 e. The summed E-state index contributed by atoms with van der Waals surface area (Å²) in [6.07, 6.45) is 0. The molecule has 1 N–H and O–H groups in total. The molecular weight excluding hydrogens is 300 g/mol. The Labute approximate surface area is 112 Å². The van der Waals surface area contributed by atoms with Gasteiger partial charge >= 0.3 is 5.63 Å². The van der Waals surface area contributed by atoms with Gasteiger partial charge in [0.1, 0.15) is 12.2 Å². The Bertz CT molecular complexity index is 625. The molecule has 96 valence electrons. The predicted octanol–water partition coefficient (Wildman–Crippen LogP) is 3.05. The van der Waals surface area contributed by atoms with Crippen LogP contribution >= 0.6 is 15.9 Å². The van der Waals surface area contributed by atoms with Crippen LogP contribution in [-0.2, 0) is 0 Å². The second kappa shape index (κ2) is 4.65. The van der Waals surface area contributed by atoms with Gasteiger partial charge in [0.25, 0.3) is 0 Å². The lowest BCUT2D eigenvalue weighted by Gasteiger charge is -2.17. The number of rotatable bonds is 3. The first-order valence-electron chi connectivity index (χ1n) is 5.44. The number of halogens is 1. The van der Waals surface area contributed by atoms with Crippen molar-refractivity contribution in [3.8, 4) is 11.5 Å². The van der Waals surface area contributed by atoms with Gasteiger partial charge in [0, 0.05) is 17.5 Å². The fraction of sp³-hybridized carbons (Fsp3) is 0.308. The third-order valence-electron chi connectivity index (χ3n) is 2.27. The molecule has 0 aliphatic carbocycles. The third kappa shape index (κ3) is 3.04. The minimum atomic E-state index is -0.431. The third-order valence-corrected chi connectivity index (χ3v) is 2.50. The molecule has 0 saturated heterocycles. The molecule has 1 aromatic heterocycles. The van der Waals surface area contributed by atoms with Crippen LogP contribution in [-0.4, -0.2) is 16.0 Å². The zero-order chi connectivity index (χ0) is 13.3. The van der Waals surface area contributed by atoms with E-state index in [0.717, 1.165) is 0 Å². The van der Waals surface area contributed by atoms with Crippen molar-refractivity contribution in [1.29, 1.82) is 0 Å². The number of aromatic hydroxyl groups is 1. The summed E-state index contributed by atoms with van der Waals surface area (Å²) in [6, 6.07) is 5.93. The van der Waals surface area contributed by atoms with E-state index in [-0.39, 0.29) is 10.1 Å². The summed E-state index contributed by atoms with van der Waals surface area (Å²) in [6.45, 7) is 4.28. The van der Waals surface area contributed by atoms with Crippen LogP contribution in [0.2, 0.25) is 0 Å². The number of phenols is 1. The lowest BCUT2D eigenvalue weighted by atomic mass is 10.2. The van der Waals surface area contributed by atoms with Crippen LogP contribution in [0.1, 0.15) is 13.8 Å². The van der Waals surface area contributed by atoms with Gasteiger partial charge in [0.15, 0.2) is 11.5 Å². The van der Waals surface area contributed by atoms with E-state index in [9.17, 15) is 9.90 Å². The molecule has 0 amide bonds. The van der Waals surface area contributed by atoms with E-state index >= 15 is 0 Å². The molecule has 0 atom stereocenters. The number of hydrogen-bond acceptors (Lipinski definition) is 4. The highest BCUT2D eigenvalue weighted by molar-refractivity contribution is 9.10. The highest BCUT2D eigenvalue weighted by Gasteiger charge is 2.15. The summed E-state index contributed by atoms with van der Waals surface area (Å²) in [7, 11) is 0. The van der Waals surface area contributed by atoms with E-state index in [1.54, 1.807) is 6.07 Å². The summed E-state index contributed by atoms with van der Waals surface area (Å²) < 4.78 is 10.3. The van der Waals surface area contributed by atoms with Crippen molar-refractivity contribution in [3.05, 3.63) is 34.7 Å². The van der Waals surface area contributed by atoms with Crippen LogP contribution in [0.5, 0.6) is 11.5 Å². The monoisotopic (exact) mass is 312 g/mol. The Kier molecular flexibility index (Phi) is 3.34. The van der Waals surface area contributed by atoms with Crippen LogP contribution in [0.15, 0.2) is 33.5 Å². The van der Waals surface area contributed by atoms with Gasteiger partial charge in [0.2, 0.25) is 0 Å². The van der Waals surface area contributed by atoms with E-state index in [1.165, 1.54) is 18.2 Å². The molecule has 0 aliphatic heterocycles. The Morgan fingerprint density at radius 3 is 2.78 bits per heavy atom. The molecule has 18 heavy (non-hydrogen) atoms. The molecule has 0 saturated carbocycles. The van der Waals surface area contributed by atoms with Gasteiger partial charge in [-0.3, -0.25) is 0 Å². The average Bonchev–Trinajstić information content (AvgIpc) is 2.26.